The molecule has 2 aromatic heterocycles. The zero-order chi connectivity index (χ0) is 28.9. The molecule has 4 rings (SSSR count). The van der Waals surface area contributed by atoms with Crippen molar-refractivity contribution in [1.82, 2.24) is 15.0 Å². The van der Waals surface area contributed by atoms with Gasteiger partial charge in [-0.2, -0.15) is 0 Å². The highest BCUT2D eigenvalue weighted by molar-refractivity contribution is 5.77. The Balaban J connectivity index is 1.22. The van der Waals surface area contributed by atoms with E-state index in [0.717, 1.165) is 18.5 Å². The fourth-order valence-corrected chi connectivity index (χ4v) is 5.43. The summed E-state index contributed by atoms with van der Waals surface area (Å²) in [5.41, 5.74) is 1.27. The Morgan fingerprint density at radius 3 is 2.50 bits per heavy atom. The van der Waals surface area contributed by atoms with Crippen LogP contribution in [-0.2, 0) is 19.0 Å². The lowest BCUT2D eigenvalue weighted by Crippen LogP contribution is -2.56. The summed E-state index contributed by atoms with van der Waals surface area (Å²) in [6, 6.07) is 6.20. The van der Waals surface area contributed by atoms with E-state index in [2.05, 4.69) is 15.0 Å². The molecule has 2 aliphatic rings. The number of anilines is 1. The van der Waals surface area contributed by atoms with Gasteiger partial charge in [0.25, 0.3) is 0 Å². The van der Waals surface area contributed by atoms with Crippen LogP contribution in [0.2, 0.25) is 0 Å². The van der Waals surface area contributed by atoms with Crippen molar-refractivity contribution in [2.45, 2.75) is 77.5 Å². The molecular formula is C29H42N4O7. The SMILES string of the molecule is COC(=O)C(c1cc(C)no1)C(C)COCCCOc1cc(N2C3CCC2CN(C(=O)OC(C)(C)C)C3)ccn1. The van der Waals surface area contributed by atoms with E-state index >= 15 is 0 Å². The zero-order valence-corrected chi connectivity index (χ0v) is 24.4. The zero-order valence-electron chi connectivity index (χ0n) is 24.4. The number of aryl methyl sites for hydroxylation is 1. The number of carbonyl (C=O) groups is 2. The molecule has 0 radical (unpaired) electrons. The van der Waals surface area contributed by atoms with E-state index in [0.29, 0.717) is 56.7 Å². The molecule has 4 atom stereocenters. The van der Waals surface area contributed by atoms with Crippen molar-refractivity contribution in [3.05, 3.63) is 35.9 Å². The van der Waals surface area contributed by atoms with E-state index in [-0.39, 0.29) is 30.1 Å². The molecule has 2 bridgehead atoms. The summed E-state index contributed by atoms with van der Waals surface area (Å²) in [4.78, 5) is 33.6. The third-order valence-electron chi connectivity index (χ3n) is 7.19. The highest BCUT2D eigenvalue weighted by Crippen LogP contribution is 2.36. The van der Waals surface area contributed by atoms with E-state index in [1.54, 1.807) is 12.3 Å². The first kappa shape index (κ1) is 29.6. The van der Waals surface area contributed by atoms with Crippen LogP contribution in [0, 0.1) is 12.8 Å². The molecule has 2 fully saturated rings. The van der Waals surface area contributed by atoms with Crippen LogP contribution < -0.4 is 9.64 Å². The summed E-state index contributed by atoms with van der Waals surface area (Å²) < 4.78 is 27.6. The van der Waals surface area contributed by atoms with Gasteiger partial charge in [0.2, 0.25) is 5.88 Å². The van der Waals surface area contributed by atoms with Crippen LogP contribution in [0.4, 0.5) is 10.5 Å². The van der Waals surface area contributed by atoms with E-state index in [9.17, 15) is 9.59 Å². The molecule has 0 saturated carbocycles. The highest BCUT2D eigenvalue weighted by Gasteiger charge is 2.42. The summed E-state index contributed by atoms with van der Waals surface area (Å²) >= 11 is 0. The van der Waals surface area contributed by atoms with Gasteiger partial charge in [-0.15, -0.1) is 0 Å². The van der Waals surface area contributed by atoms with Gasteiger partial charge in [-0.3, -0.25) is 4.79 Å². The lowest BCUT2D eigenvalue weighted by atomic mass is 9.92. The normalized spacial score (nSPS) is 20.2. The minimum atomic E-state index is -0.573. The van der Waals surface area contributed by atoms with Gasteiger partial charge < -0.3 is 33.3 Å². The van der Waals surface area contributed by atoms with Crippen LogP contribution in [0.1, 0.15) is 64.3 Å². The molecule has 2 saturated heterocycles. The van der Waals surface area contributed by atoms with E-state index in [1.807, 2.05) is 51.7 Å². The topological polar surface area (TPSA) is 116 Å². The fraction of sp³-hybridized carbons (Fsp3) is 0.655. The number of likely N-dealkylation sites (tertiary alicyclic amines) is 1. The van der Waals surface area contributed by atoms with E-state index in [4.69, 9.17) is 23.5 Å². The number of piperazine rings is 1. The second-order valence-electron chi connectivity index (χ2n) is 11.7. The molecule has 11 heteroatoms. The summed E-state index contributed by atoms with van der Waals surface area (Å²) in [6.45, 7) is 12.0. The van der Waals surface area contributed by atoms with Gasteiger partial charge in [0.1, 0.15) is 11.5 Å². The molecule has 1 amide bonds. The minimum absolute atomic E-state index is 0.148. The number of methoxy groups -OCH3 is 1. The number of nitrogens with zero attached hydrogens (tertiary/aromatic N) is 4. The number of rotatable bonds is 11. The fourth-order valence-electron chi connectivity index (χ4n) is 5.43. The van der Waals surface area contributed by atoms with Crippen LogP contribution in [0.15, 0.2) is 28.9 Å². The number of pyridine rings is 1. The van der Waals surface area contributed by atoms with Crippen LogP contribution in [0.25, 0.3) is 0 Å². The van der Waals surface area contributed by atoms with Crippen molar-refractivity contribution >= 4 is 17.7 Å². The molecule has 220 valence electrons. The largest absolute Gasteiger partial charge is 0.478 e. The number of carbonyl (C=O) groups excluding carboxylic acids is 2. The molecule has 4 unspecified atom stereocenters. The first-order chi connectivity index (χ1) is 19.1. The van der Waals surface area contributed by atoms with Gasteiger partial charge in [-0.1, -0.05) is 12.1 Å². The molecule has 0 aliphatic carbocycles. The van der Waals surface area contributed by atoms with Crippen molar-refractivity contribution < 1.29 is 33.1 Å². The molecule has 0 N–H and O–H groups in total. The average Bonchev–Trinajstić information content (AvgIpc) is 3.44. The van der Waals surface area contributed by atoms with Gasteiger partial charge in [0.15, 0.2) is 5.76 Å². The molecule has 40 heavy (non-hydrogen) atoms. The van der Waals surface area contributed by atoms with Crippen LogP contribution in [-0.4, -0.2) is 84.8 Å². The third-order valence-corrected chi connectivity index (χ3v) is 7.19. The molecule has 0 aromatic carbocycles. The maximum atomic E-state index is 12.6. The Labute approximate surface area is 236 Å². The van der Waals surface area contributed by atoms with Crippen LogP contribution in [0.5, 0.6) is 5.88 Å². The van der Waals surface area contributed by atoms with Gasteiger partial charge >= 0.3 is 12.1 Å². The number of fused-ring (bicyclic) bond motifs is 2. The lowest BCUT2D eigenvalue weighted by molar-refractivity contribution is -0.145. The second kappa shape index (κ2) is 12.9. The second-order valence-corrected chi connectivity index (χ2v) is 11.7. The lowest BCUT2D eigenvalue weighted by Gasteiger charge is -2.42. The maximum absolute atomic E-state index is 12.6. The standard InChI is InChI=1S/C29H42N4O7/c1-19(26(27(34)36-6)24-14-20(2)31-40-24)18-37-12-7-13-38-25-15-21(10-11-30-25)33-22-8-9-23(33)17-32(16-22)28(35)39-29(3,4)5/h10-11,14-15,19,22-23,26H,7-9,12-13,16-18H2,1-6H3. The predicted octanol–water partition coefficient (Wildman–Crippen LogP) is 4.34. The molecular weight excluding hydrogens is 516 g/mol. The summed E-state index contributed by atoms with van der Waals surface area (Å²) in [5, 5.41) is 3.89. The predicted molar refractivity (Wildman–Crippen MR) is 147 cm³/mol. The highest BCUT2D eigenvalue weighted by atomic mass is 16.6. The van der Waals surface area contributed by atoms with Crippen molar-refractivity contribution in [2.24, 2.45) is 5.92 Å². The Morgan fingerprint density at radius 1 is 1.15 bits per heavy atom. The number of amides is 1. The Morgan fingerprint density at radius 2 is 1.88 bits per heavy atom. The third kappa shape index (κ3) is 7.44. The van der Waals surface area contributed by atoms with Crippen LogP contribution >= 0.6 is 0 Å². The Hall–Kier alpha value is -3.34. The number of aromatic nitrogens is 2. The first-order valence-corrected chi connectivity index (χ1v) is 14.0. The molecule has 0 spiro atoms. The quantitative estimate of drug-likeness (QED) is 0.291. The first-order valence-electron chi connectivity index (χ1n) is 14.0. The molecule has 2 aromatic rings. The Bertz CT molecular complexity index is 1130. The monoisotopic (exact) mass is 558 g/mol. The number of ether oxygens (including phenoxy) is 4. The van der Waals surface area contributed by atoms with Crippen molar-refractivity contribution in [2.75, 3.05) is 44.9 Å². The van der Waals surface area contributed by atoms with Crippen molar-refractivity contribution in [3.8, 4) is 5.88 Å². The number of hydrogen-bond acceptors (Lipinski definition) is 10. The van der Waals surface area contributed by atoms with Crippen molar-refractivity contribution in [3.63, 3.8) is 0 Å². The van der Waals surface area contributed by atoms with Gasteiger partial charge in [0.05, 0.1) is 26.0 Å². The smallest absolute Gasteiger partial charge is 0.410 e. The van der Waals surface area contributed by atoms with E-state index < -0.39 is 11.5 Å². The van der Waals surface area contributed by atoms with Crippen LogP contribution in [0.3, 0.4) is 0 Å². The average molecular weight is 559 g/mol. The minimum Gasteiger partial charge on any atom is -0.478 e. The molecule has 2 aliphatic heterocycles. The van der Waals surface area contributed by atoms with E-state index in [1.165, 1.54) is 7.11 Å². The molecule has 4 heterocycles. The summed E-state index contributed by atoms with van der Waals surface area (Å²) in [7, 11) is 1.36. The summed E-state index contributed by atoms with van der Waals surface area (Å²) in [6.07, 6.45) is 4.26. The summed E-state index contributed by atoms with van der Waals surface area (Å²) in [5.74, 6) is -0.0529. The maximum Gasteiger partial charge on any atom is 0.410 e. The number of esters is 1. The van der Waals surface area contributed by atoms with Crippen molar-refractivity contribution in [1.29, 1.82) is 0 Å². The van der Waals surface area contributed by atoms with Gasteiger partial charge in [0, 0.05) is 68.1 Å². The van der Waals surface area contributed by atoms with Gasteiger partial charge in [-0.05, 0) is 46.6 Å². The molecule has 11 nitrogen and oxygen atoms in total. The van der Waals surface area contributed by atoms with Gasteiger partial charge in [-0.25, -0.2) is 9.78 Å². The Kier molecular flexibility index (Phi) is 9.55. The number of hydrogen-bond donors (Lipinski definition) is 0.